The molecule has 152 valence electrons. The van der Waals surface area contributed by atoms with E-state index in [9.17, 15) is 9.59 Å². The third kappa shape index (κ3) is 4.86. The maximum Gasteiger partial charge on any atom is 0.322 e. The molecule has 0 aliphatic carbocycles. The lowest BCUT2D eigenvalue weighted by molar-refractivity contribution is -0.143. The van der Waals surface area contributed by atoms with Crippen molar-refractivity contribution in [3.8, 4) is 5.69 Å². The smallest absolute Gasteiger partial charge is 0.322 e. The van der Waals surface area contributed by atoms with E-state index < -0.39 is 6.04 Å². The number of hydrogen-bond acceptors (Lipinski definition) is 6. The normalized spacial score (nSPS) is 12.1. The Bertz CT molecular complexity index is 1050. The number of rotatable bonds is 8. The maximum atomic E-state index is 13.2. The molecule has 0 radical (unpaired) electrons. The minimum Gasteiger partial charge on any atom is -0.468 e. The van der Waals surface area contributed by atoms with Gasteiger partial charge in [-0.05, 0) is 49.6 Å². The molecule has 1 N–H and O–H groups in total. The van der Waals surface area contributed by atoms with Crippen molar-refractivity contribution in [1.82, 2.24) is 14.9 Å². The van der Waals surface area contributed by atoms with Gasteiger partial charge in [0.25, 0.3) is 5.56 Å². The first-order chi connectivity index (χ1) is 14.0. The minimum atomic E-state index is -0.456. The van der Waals surface area contributed by atoms with Gasteiger partial charge < -0.3 is 4.74 Å². The number of aromatic nitrogens is 2. The number of methoxy groups -OCH3 is 1. The van der Waals surface area contributed by atoms with Gasteiger partial charge in [-0.15, -0.1) is 0 Å². The number of carbonyl (C=O) groups is 1. The zero-order valence-electron chi connectivity index (χ0n) is 16.8. The van der Waals surface area contributed by atoms with Crippen LogP contribution in [0.2, 0.25) is 0 Å². The second-order valence-corrected chi connectivity index (χ2v) is 7.75. The molecule has 0 aliphatic rings. The van der Waals surface area contributed by atoms with Crippen molar-refractivity contribution < 1.29 is 9.53 Å². The Kier molecular flexibility index (Phi) is 7.06. The molecule has 1 unspecified atom stereocenters. The number of hydrogen-bond donors (Lipinski definition) is 1. The summed E-state index contributed by atoms with van der Waals surface area (Å²) >= 11 is 1.67. The van der Waals surface area contributed by atoms with E-state index in [0.29, 0.717) is 23.1 Å². The molecule has 7 heteroatoms. The van der Waals surface area contributed by atoms with E-state index in [1.807, 2.05) is 55.6 Å². The fraction of sp³-hybridized carbons (Fsp3) is 0.318. The molecule has 6 nitrogen and oxygen atoms in total. The van der Waals surface area contributed by atoms with Crippen molar-refractivity contribution in [2.24, 2.45) is 0 Å². The molecule has 0 saturated carbocycles. The molecule has 0 bridgehead atoms. The van der Waals surface area contributed by atoms with Gasteiger partial charge in [-0.1, -0.05) is 29.8 Å². The summed E-state index contributed by atoms with van der Waals surface area (Å²) in [4.78, 5) is 30.1. The molecular weight excluding hydrogens is 386 g/mol. The lowest BCUT2D eigenvalue weighted by atomic mass is 10.2. The van der Waals surface area contributed by atoms with E-state index in [2.05, 4.69) is 5.32 Å². The number of thioether (sulfide) groups is 1. The van der Waals surface area contributed by atoms with Crippen LogP contribution in [0.3, 0.4) is 0 Å². The number of fused-ring (bicyclic) bond motifs is 1. The van der Waals surface area contributed by atoms with E-state index in [-0.39, 0.29) is 18.1 Å². The van der Waals surface area contributed by atoms with Crippen LogP contribution < -0.4 is 10.9 Å². The first kappa shape index (κ1) is 21.1. The van der Waals surface area contributed by atoms with Crippen LogP contribution >= 0.6 is 11.8 Å². The van der Waals surface area contributed by atoms with Gasteiger partial charge in [0.1, 0.15) is 11.9 Å². The maximum absolute atomic E-state index is 13.2. The van der Waals surface area contributed by atoms with Crippen LogP contribution in [-0.4, -0.2) is 40.7 Å². The second kappa shape index (κ2) is 9.71. The monoisotopic (exact) mass is 411 g/mol. The highest BCUT2D eigenvalue weighted by Gasteiger charge is 2.20. The highest BCUT2D eigenvalue weighted by molar-refractivity contribution is 7.98. The van der Waals surface area contributed by atoms with E-state index in [4.69, 9.17) is 9.72 Å². The van der Waals surface area contributed by atoms with Crippen molar-refractivity contribution in [2.75, 3.05) is 19.1 Å². The topological polar surface area (TPSA) is 73.2 Å². The molecule has 3 aromatic rings. The molecular formula is C22H25N3O3S. The number of esters is 1. The quantitative estimate of drug-likeness (QED) is 0.575. The molecule has 2 aromatic carbocycles. The highest BCUT2D eigenvalue weighted by Crippen LogP contribution is 2.14. The molecule has 3 rings (SSSR count). The molecule has 0 aliphatic heterocycles. The van der Waals surface area contributed by atoms with Gasteiger partial charge >= 0.3 is 5.97 Å². The first-order valence-corrected chi connectivity index (χ1v) is 10.8. The standard InChI is InChI=1S/C22H25N3O3S/c1-15-8-10-16(11-9-15)25-20(14-23-19(12-13-29-3)22(27)28-2)24-18-7-5-4-6-17(18)21(25)26/h4-11,19,23H,12-14H2,1-3H3. The summed E-state index contributed by atoms with van der Waals surface area (Å²) in [5.74, 6) is 1.06. The van der Waals surface area contributed by atoms with Gasteiger partial charge in [0.05, 0.1) is 30.2 Å². The predicted octanol–water partition coefficient (Wildman–Crippen LogP) is 3.08. The summed E-state index contributed by atoms with van der Waals surface area (Å²) in [6.45, 7) is 2.27. The van der Waals surface area contributed by atoms with E-state index in [1.54, 1.807) is 22.4 Å². The average molecular weight is 412 g/mol. The molecule has 1 aromatic heterocycles. The SMILES string of the molecule is COC(=O)C(CCSC)NCc1nc2ccccc2c(=O)n1-c1ccc(C)cc1. The van der Waals surface area contributed by atoms with Crippen LogP contribution in [0.4, 0.5) is 0 Å². The zero-order valence-corrected chi connectivity index (χ0v) is 17.7. The number of aryl methyl sites for hydroxylation is 1. The Balaban J connectivity index is 2.03. The Hall–Kier alpha value is -2.64. The molecule has 0 fully saturated rings. The second-order valence-electron chi connectivity index (χ2n) is 6.76. The zero-order chi connectivity index (χ0) is 20.8. The average Bonchev–Trinajstić information content (AvgIpc) is 2.74. The summed E-state index contributed by atoms with van der Waals surface area (Å²) in [6, 6.07) is 14.6. The lowest BCUT2D eigenvalue weighted by Crippen LogP contribution is -2.39. The van der Waals surface area contributed by atoms with Crippen molar-refractivity contribution in [3.05, 3.63) is 70.3 Å². The summed E-state index contributed by atoms with van der Waals surface area (Å²) in [5, 5.41) is 3.78. The Labute approximate surface area is 174 Å². The molecule has 1 atom stereocenters. The van der Waals surface area contributed by atoms with E-state index >= 15 is 0 Å². The van der Waals surface area contributed by atoms with Gasteiger partial charge in [-0.3, -0.25) is 19.5 Å². The number of nitrogens with zero attached hydrogens (tertiary/aromatic N) is 2. The molecule has 1 heterocycles. The lowest BCUT2D eigenvalue weighted by Gasteiger charge is -2.18. The summed E-state index contributed by atoms with van der Waals surface area (Å²) in [7, 11) is 1.38. The predicted molar refractivity (Wildman–Crippen MR) is 118 cm³/mol. The summed E-state index contributed by atoms with van der Waals surface area (Å²) in [6.07, 6.45) is 2.63. The Morgan fingerprint density at radius 3 is 2.62 bits per heavy atom. The van der Waals surface area contributed by atoms with Gasteiger partial charge in [0, 0.05) is 0 Å². The summed E-state index contributed by atoms with van der Waals surface area (Å²) in [5.41, 5.74) is 2.36. The van der Waals surface area contributed by atoms with Crippen molar-refractivity contribution in [1.29, 1.82) is 0 Å². The highest BCUT2D eigenvalue weighted by atomic mass is 32.2. The van der Waals surface area contributed by atoms with Gasteiger partial charge in [0.15, 0.2) is 0 Å². The number of benzene rings is 2. The minimum absolute atomic E-state index is 0.130. The van der Waals surface area contributed by atoms with Crippen LogP contribution in [0.5, 0.6) is 0 Å². The molecule has 29 heavy (non-hydrogen) atoms. The molecule has 0 saturated heterocycles. The van der Waals surface area contributed by atoms with E-state index in [0.717, 1.165) is 17.0 Å². The van der Waals surface area contributed by atoms with Gasteiger partial charge in [0.2, 0.25) is 0 Å². The number of nitrogens with one attached hydrogen (secondary N) is 1. The molecule has 0 amide bonds. The van der Waals surface area contributed by atoms with Crippen molar-refractivity contribution in [2.45, 2.75) is 25.9 Å². The Morgan fingerprint density at radius 1 is 1.21 bits per heavy atom. The fourth-order valence-electron chi connectivity index (χ4n) is 3.15. The number of para-hydroxylation sites is 1. The summed E-state index contributed by atoms with van der Waals surface area (Å²) < 4.78 is 6.53. The molecule has 0 spiro atoms. The number of ether oxygens (including phenoxy) is 1. The van der Waals surface area contributed by atoms with Crippen molar-refractivity contribution in [3.63, 3.8) is 0 Å². The van der Waals surface area contributed by atoms with Crippen LogP contribution in [0, 0.1) is 6.92 Å². The van der Waals surface area contributed by atoms with Gasteiger partial charge in [-0.2, -0.15) is 11.8 Å². The third-order valence-electron chi connectivity index (χ3n) is 4.74. The van der Waals surface area contributed by atoms with Crippen LogP contribution in [-0.2, 0) is 16.1 Å². The van der Waals surface area contributed by atoms with Gasteiger partial charge in [-0.25, -0.2) is 4.98 Å². The van der Waals surface area contributed by atoms with Crippen LogP contribution in [0.15, 0.2) is 53.3 Å². The van der Waals surface area contributed by atoms with Crippen LogP contribution in [0.1, 0.15) is 17.8 Å². The Morgan fingerprint density at radius 2 is 1.93 bits per heavy atom. The van der Waals surface area contributed by atoms with E-state index in [1.165, 1.54) is 7.11 Å². The first-order valence-electron chi connectivity index (χ1n) is 9.43. The largest absolute Gasteiger partial charge is 0.468 e. The van der Waals surface area contributed by atoms with Crippen LogP contribution in [0.25, 0.3) is 16.6 Å². The number of carbonyl (C=O) groups excluding carboxylic acids is 1. The third-order valence-corrected chi connectivity index (χ3v) is 5.38. The fourth-order valence-corrected chi connectivity index (χ4v) is 3.62. The van der Waals surface area contributed by atoms with Crippen molar-refractivity contribution >= 4 is 28.6 Å².